The third kappa shape index (κ3) is 4.18. The number of nitro benzene ring substituents is 1. The van der Waals surface area contributed by atoms with E-state index in [1.54, 1.807) is 31.2 Å². The first-order valence-corrected chi connectivity index (χ1v) is 10.4. The highest BCUT2D eigenvalue weighted by atomic mass is 32.1. The van der Waals surface area contributed by atoms with E-state index in [2.05, 4.69) is 5.32 Å². The van der Waals surface area contributed by atoms with Crippen molar-refractivity contribution in [2.75, 3.05) is 4.90 Å². The number of nitrogens with zero attached hydrogens (tertiary/aromatic N) is 2. The molecule has 0 saturated carbocycles. The predicted octanol–water partition coefficient (Wildman–Crippen LogP) is 4.61. The second-order valence-electron chi connectivity index (χ2n) is 7.71. The van der Waals surface area contributed by atoms with Crippen LogP contribution in [0, 0.1) is 30.9 Å². The van der Waals surface area contributed by atoms with Crippen molar-refractivity contribution in [3.05, 3.63) is 86.7 Å². The maximum atomic E-state index is 13.2. The molecule has 1 aliphatic heterocycles. The van der Waals surface area contributed by atoms with Crippen molar-refractivity contribution >= 4 is 46.6 Å². The summed E-state index contributed by atoms with van der Waals surface area (Å²) in [5.74, 6) is -0.426. The summed E-state index contributed by atoms with van der Waals surface area (Å²) >= 11 is 5.26. The van der Waals surface area contributed by atoms with Crippen molar-refractivity contribution in [1.82, 2.24) is 5.32 Å². The Morgan fingerprint density at radius 3 is 2.45 bits per heavy atom. The molecule has 1 aromatic heterocycles. The molecule has 1 fully saturated rings. The van der Waals surface area contributed by atoms with Crippen LogP contribution in [0.25, 0.3) is 17.4 Å². The van der Waals surface area contributed by atoms with E-state index < -0.39 is 16.7 Å². The van der Waals surface area contributed by atoms with Gasteiger partial charge in [0.2, 0.25) is 0 Å². The number of non-ortho nitro benzene ring substituents is 1. The monoisotopic (exact) mass is 461 g/mol. The molecule has 0 spiro atoms. The number of amides is 2. The summed E-state index contributed by atoms with van der Waals surface area (Å²) in [5, 5.41) is 13.5. The zero-order valence-corrected chi connectivity index (χ0v) is 18.9. The van der Waals surface area contributed by atoms with Crippen molar-refractivity contribution in [2.24, 2.45) is 0 Å². The fourth-order valence-corrected chi connectivity index (χ4v) is 3.96. The van der Waals surface area contributed by atoms with Gasteiger partial charge < -0.3 is 4.42 Å². The van der Waals surface area contributed by atoms with Crippen molar-refractivity contribution in [2.45, 2.75) is 20.8 Å². The van der Waals surface area contributed by atoms with Crippen LogP contribution in [0.1, 0.15) is 22.5 Å². The molecule has 2 aromatic carbocycles. The number of carbonyl (C=O) groups excluding carboxylic acids is 2. The fourth-order valence-electron chi connectivity index (χ4n) is 3.69. The van der Waals surface area contributed by atoms with E-state index >= 15 is 0 Å². The number of benzene rings is 2. The minimum atomic E-state index is -0.615. The quantitative estimate of drug-likeness (QED) is 0.200. The molecule has 1 N–H and O–H groups in total. The third-order valence-corrected chi connectivity index (χ3v) is 5.58. The molecule has 0 unspecified atom stereocenters. The van der Waals surface area contributed by atoms with Gasteiger partial charge in [-0.25, -0.2) is 0 Å². The molecular formula is C24H19N3O5S. The molecule has 33 heavy (non-hydrogen) atoms. The van der Waals surface area contributed by atoms with Crippen molar-refractivity contribution in [3.63, 3.8) is 0 Å². The number of hydrogen-bond donors (Lipinski definition) is 1. The van der Waals surface area contributed by atoms with Gasteiger partial charge in [0.05, 0.1) is 10.6 Å². The summed E-state index contributed by atoms with van der Waals surface area (Å²) in [5.41, 5.74) is 3.66. The van der Waals surface area contributed by atoms with E-state index in [1.165, 1.54) is 23.1 Å². The Bertz CT molecular complexity index is 1370. The largest absolute Gasteiger partial charge is 0.457 e. The van der Waals surface area contributed by atoms with Crippen LogP contribution in [0.4, 0.5) is 11.4 Å². The first-order chi connectivity index (χ1) is 15.7. The number of thiocarbonyl (C=S) groups is 1. The van der Waals surface area contributed by atoms with Crippen LogP contribution in [-0.4, -0.2) is 21.9 Å². The van der Waals surface area contributed by atoms with Gasteiger partial charge in [0.1, 0.15) is 17.1 Å². The molecule has 1 saturated heterocycles. The number of rotatable bonds is 4. The Morgan fingerprint density at radius 1 is 1.03 bits per heavy atom. The summed E-state index contributed by atoms with van der Waals surface area (Å²) in [6.07, 6.45) is 1.36. The number of aryl methyl sites for hydroxylation is 3. The Labute approximate surface area is 194 Å². The van der Waals surface area contributed by atoms with E-state index in [1.807, 2.05) is 26.0 Å². The number of nitrogens with one attached hydrogen (secondary N) is 1. The molecule has 3 aromatic rings. The van der Waals surface area contributed by atoms with Gasteiger partial charge in [-0.1, -0.05) is 17.7 Å². The number of anilines is 1. The van der Waals surface area contributed by atoms with E-state index in [-0.39, 0.29) is 22.1 Å². The molecular weight excluding hydrogens is 442 g/mol. The normalized spacial score (nSPS) is 15.2. The lowest BCUT2D eigenvalue weighted by Crippen LogP contribution is -2.54. The molecule has 0 aliphatic carbocycles. The average Bonchev–Trinajstić information content (AvgIpc) is 3.20. The minimum Gasteiger partial charge on any atom is -0.457 e. The Hall–Kier alpha value is -4.11. The lowest BCUT2D eigenvalue weighted by Gasteiger charge is -2.30. The van der Waals surface area contributed by atoms with Crippen LogP contribution < -0.4 is 10.2 Å². The summed E-state index contributed by atoms with van der Waals surface area (Å²) in [6.45, 7) is 5.55. The SMILES string of the molecule is Cc1ccc(N2C(=O)/C(=C\c3ccc(-c4ccc([N+](=O)[O-])cc4C)o3)C(=O)NC2=S)c(C)c1. The second-order valence-corrected chi connectivity index (χ2v) is 8.09. The van der Waals surface area contributed by atoms with Gasteiger partial charge >= 0.3 is 0 Å². The zero-order valence-electron chi connectivity index (χ0n) is 18.0. The van der Waals surface area contributed by atoms with E-state index in [4.69, 9.17) is 16.6 Å². The zero-order chi connectivity index (χ0) is 23.9. The van der Waals surface area contributed by atoms with Gasteiger partial charge in [0.15, 0.2) is 5.11 Å². The fraction of sp³-hybridized carbons (Fsp3) is 0.125. The van der Waals surface area contributed by atoms with Crippen LogP contribution in [0.3, 0.4) is 0 Å². The van der Waals surface area contributed by atoms with Gasteiger partial charge in [0, 0.05) is 17.7 Å². The summed E-state index contributed by atoms with van der Waals surface area (Å²) in [6, 6.07) is 13.3. The molecule has 0 bridgehead atoms. The van der Waals surface area contributed by atoms with Crippen LogP contribution >= 0.6 is 12.2 Å². The van der Waals surface area contributed by atoms with Gasteiger partial charge in [-0.15, -0.1) is 0 Å². The molecule has 2 heterocycles. The third-order valence-electron chi connectivity index (χ3n) is 5.29. The molecule has 0 radical (unpaired) electrons. The Kier molecular flexibility index (Phi) is 5.65. The molecule has 0 atom stereocenters. The number of carbonyl (C=O) groups is 2. The summed E-state index contributed by atoms with van der Waals surface area (Å²) in [7, 11) is 0. The van der Waals surface area contributed by atoms with Crippen LogP contribution in [0.15, 0.2) is 58.5 Å². The second kappa shape index (κ2) is 8.44. The maximum absolute atomic E-state index is 13.2. The van der Waals surface area contributed by atoms with Crippen molar-refractivity contribution in [3.8, 4) is 11.3 Å². The van der Waals surface area contributed by atoms with Gasteiger partial charge in [-0.3, -0.25) is 29.9 Å². The van der Waals surface area contributed by atoms with Crippen LogP contribution in [0.2, 0.25) is 0 Å². The Balaban J connectivity index is 1.68. The number of hydrogen-bond acceptors (Lipinski definition) is 6. The average molecular weight is 461 g/mol. The van der Waals surface area contributed by atoms with Gasteiger partial charge in [-0.05, 0) is 74.5 Å². The highest BCUT2D eigenvalue weighted by Crippen LogP contribution is 2.30. The summed E-state index contributed by atoms with van der Waals surface area (Å²) < 4.78 is 5.83. The van der Waals surface area contributed by atoms with Gasteiger partial charge in [-0.2, -0.15) is 0 Å². The van der Waals surface area contributed by atoms with E-state index in [9.17, 15) is 19.7 Å². The minimum absolute atomic E-state index is 0.00995. The van der Waals surface area contributed by atoms with Crippen molar-refractivity contribution < 1.29 is 18.9 Å². The molecule has 166 valence electrons. The first kappa shape index (κ1) is 22.1. The molecule has 4 rings (SSSR count). The standard InChI is InChI=1S/C24H19N3O5S/c1-13-4-8-20(15(3)10-13)26-23(29)19(22(28)25-24(26)33)12-17-6-9-21(32-17)18-7-5-16(27(30)31)11-14(18)2/h4-12H,1-3H3,(H,25,28,33)/b19-12-. The molecule has 1 aliphatic rings. The molecule has 8 nitrogen and oxygen atoms in total. The van der Waals surface area contributed by atoms with Gasteiger partial charge in [0.25, 0.3) is 17.5 Å². The topological polar surface area (TPSA) is 106 Å². The molecule has 9 heteroatoms. The van der Waals surface area contributed by atoms with E-state index in [0.29, 0.717) is 22.6 Å². The van der Waals surface area contributed by atoms with E-state index in [0.717, 1.165) is 11.1 Å². The Morgan fingerprint density at radius 2 is 1.79 bits per heavy atom. The lowest BCUT2D eigenvalue weighted by molar-refractivity contribution is -0.384. The maximum Gasteiger partial charge on any atom is 0.270 e. The predicted molar refractivity (Wildman–Crippen MR) is 128 cm³/mol. The first-order valence-electron chi connectivity index (χ1n) is 9.99. The highest BCUT2D eigenvalue weighted by Gasteiger charge is 2.35. The van der Waals surface area contributed by atoms with Crippen molar-refractivity contribution in [1.29, 1.82) is 0 Å². The van der Waals surface area contributed by atoms with Crippen LogP contribution in [-0.2, 0) is 9.59 Å². The summed E-state index contributed by atoms with van der Waals surface area (Å²) in [4.78, 5) is 37.6. The lowest BCUT2D eigenvalue weighted by atomic mass is 10.1. The smallest absolute Gasteiger partial charge is 0.270 e. The highest BCUT2D eigenvalue weighted by molar-refractivity contribution is 7.80. The molecule has 2 amide bonds. The van der Waals surface area contributed by atoms with Crippen LogP contribution in [0.5, 0.6) is 0 Å². The number of furan rings is 1. The number of nitro groups is 1.